The third-order valence-corrected chi connectivity index (χ3v) is 4.82. The number of carbonyl (C=O) groups excluding carboxylic acids is 1. The summed E-state index contributed by atoms with van der Waals surface area (Å²) in [6.07, 6.45) is 6.14. The van der Waals surface area contributed by atoms with Crippen LogP contribution in [0.15, 0.2) is 29.9 Å². The highest BCUT2D eigenvalue weighted by Crippen LogP contribution is 2.26. The Balaban J connectivity index is 1.56. The zero-order valence-corrected chi connectivity index (χ0v) is 13.0. The number of hydrogen-bond donors (Lipinski definition) is 0. The lowest BCUT2D eigenvalue weighted by atomic mass is 9.93. The molecular weight excluding hydrogens is 282 g/mol. The molecular formula is C16H19N3OS. The normalized spacial score (nSPS) is 16.1. The Kier molecular flexibility index (Phi) is 4.29. The standard InChI is InChI=1S/C16H19N3OS/c1-12-10-17-11-15(18-12)13-4-6-19(7-5-13)16(20)9-14-3-2-8-21-14/h2-3,8,10-11,13H,4-7,9H2,1H3. The van der Waals surface area contributed by atoms with Gasteiger partial charge in [-0.2, -0.15) is 0 Å². The van der Waals surface area contributed by atoms with Crippen molar-refractivity contribution in [2.45, 2.75) is 32.1 Å². The fourth-order valence-corrected chi connectivity index (χ4v) is 3.47. The summed E-state index contributed by atoms with van der Waals surface area (Å²) in [4.78, 5) is 24.2. The smallest absolute Gasteiger partial charge is 0.227 e. The first-order chi connectivity index (χ1) is 10.2. The average molecular weight is 301 g/mol. The van der Waals surface area contributed by atoms with Gasteiger partial charge in [0.1, 0.15) is 0 Å². The molecule has 1 aliphatic heterocycles. The molecule has 1 fully saturated rings. The van der Waals surface area contributed by atoms with Crippen LogP contribution in [-0.2, 0) is 11.2 Å². The van der Waals surface area contributed by atoms with Crippen LogP contribution in [0.3, 0.4) is 0 Å². The van der Waals surface area contributed by atoms with Gasteiger partial charge in [-0.3, -0.25) is 14.8 Å². The zero-order valence-electron chi connectivity index (χ0n) is 12.2. The Labute approximate surface area is 128 Å². The minimum atomic E-state index is 0.242. The quantitative estimate of drug-likeness (QED) is 0.876. The highest BCUT2D eigenvalue weighted by atomic mass is 32.1. The molecule has 1 saturated heterocycles. The van der Waals surface area contributed by atoms with E-state index in [2.05, 4.69) is 9.97 Å². The molecule has 3 heterocycles. The van der Waals surface area contributed by atoms with E-state index in [0.29, 0.717) is 12.3 Å². The van der Waals surface area contributed by atoms with Crippen LogP contribution in [-0.4, -0.2) is 33.9 Å². The summed E-state index contributed by atoms with van der Waals surface area (Å²) in [5.74, 6) is 0.675. The van der Waals surface area contributed by atoms with E-state index < -0.39 is 0 Å². The van der Waals surface area contributed by atoms with E-state index in [1.165, 1.54) is 0 Å². The van der Waals surface area contributed by atoms with E-state index >= 15 is 0 Å². The minimum Gasteiger partial charge on any atom is -0.342 e. The maximum Gasteiger partial charge on any atom is 0.227 e. The van der Waals surface area contributed by atoms with Gasteiger partial charge in [-0.15, -0.1) is 11.3 Å². The molecule has 0 atom stereocenters. The molecule has 0 N–H and O–H groups in total. The number of amides is 1. The van der Waals surface area contributed by atoms with E-state index in [9.17, 15) is 4.79 Å². The van der Waals surface area contributed by atoms with Gasteiger partial charge in [0.15, 0.2) is 0 Å². The number of hydrogen-bond acceptors (Lipinski definition) is 4. The van der Waals surface area contributed by atoms with Gasteiger partial charge in [-0.1, -0.05) is 6.07 Å². The second-order valence-corrected chi connectivity index (χ2v) is 6.53. The van der Waals surface area contributed by atoms with Crippen molar-refractivity contribution in [1.29, 1.82) is 0 Å². The summed E-state index contributed by atoms with van der Waals surface area (Å²) < 4.78 is 0. The van der Waals surface area contributed by atoms with Gasteiger partial charge >= 0.3 is 0 Å². The first kappa shape index (κ1) is 14.2. The molecule has 0 radical (unpaired) electrons. The molecule has 2 aromatic rings. The summed E-state index contributed by atoms with van der Waals surface area (Å²) in [7, 11) is 0. The van der Waals surface area contributed by atoms with Crippen molar-refractivity contribution < 1.29 is 4.79 Å². The van der Waals surface area contributed by atoms with E-state index in [0.717, 1.165) is 42.2 Å². The fourth-order valence-electron chi connectivity index (χ4n) is 2.78. The summed E-state index contributed by atoms with van der Waals surface area (Å²) in [6, 6.07) is 4.02. The molecule has 4 nitrogen and oxygen atoms in total. The van der Waals surface area contributed by atoms with Crippen molar-refractivity contribution in [3.8, 4) is 0 Å². The monoisotopic (exact) mass is 301 g/mol. The van der Waals surface area contributed by atoms with Crippen LogP contribution < -0.4 is 0 Å². The number of thiophene rings is 1. The largest absolute Gasteiger partial charge is 0.342 e. The summed E-state index contributed by atoms with van der Waals surface area (Å²) in [6.45, 7) is 3.62. The molecule has 5 heteroatoms. The van der Waals surface area contributed by atoms with Crippen LogP contribution >= 0.6 is 11.3 Å². The molecule has 1 amide bonds. The predicted octanol–water partition coefficient (Wildman–Crippen LogP) is 2.80. The summed E-state index contributed by atoms with van der Waals surface area (Å²) >= 11 is 1.65. The van der Waals surface area contributed by atoms with E-state index in [1.54, 1.807) is 17.5 Å². The van der Waals surface area contributed by atoms with Gasteiger partial charge < -0.3 is 4.90 Å². The summed E-state index contributed by atoms with van der Waals surface area (Å²) in [5, 5.41) is 2.02. The third-order valence-electron chi connectivity index (χ3n) is 3.95. The lowest BCUT2D eigenvalue weighted by Gasteiger charge is -2.31. The van der Waals surface area contributed by atoms with Gasteiger partial charge in [0.25, 0.3) is 0 Å². The van der Waals surface area contributed by atoms with Crippen LogP contribution in [0.4, 0.5) is 0 Å². The Morgan fingerprint density at radius 3 is 2.86 bits per heavy atom. The van der Waals surface area contributed by atoms with Crippen molar-refractivity contribution in [3.05, 3.63) is 46.2 Å². The third kappa shape index (κ3) is 3.47. The zero-order chi connectivity index (χ0) is 14.7. The Morgan fingerprint density at radius 2 is 2.19 bits per heavy atom. The van der Waals surface area contributed by atoms with Crippen molar-refractivity contribution in [3.63, 3.8) is 0 Å². The van der Waals surface area contributed by atoms with Crippen LogP contribution in [0.5, 0.6) is 0 Å². The summed E-state index contributed by atoms with van der Waals surface area (Å²) in [5.41, 5.74) is 2.03. The fraction of sp³-hybridized carbons (Fsp3) is 0.438. The number of likely N-dealkylation sites (tertiary alicyclic amines) is 1. The molecule has 3 rings (SSSR count). The van der Waals surface area contributed by atoms with Crippen LogP contribution in [0.1, 0.15) is 35.0 Å². The second-order valence-electron chi connectivity index (χ2n) is 5.50. The number of aromatic nitrogens is 2. The maximum absolute atomic E-state index is 12.3. The molecule has 0 unspecified atom stereocenters. The molecule has 0 aliphatic carbocycles. The number of rotatable bonds is 3. The van der Waals surface area contributed by atoms with Crippen molar-refractivity contribution in [2.75, 3.05) is 13.1 Å². The molecule has 2 aromatic heterocycles. The topological polar surface area (TPSA) is 46.1 Å². The predicted molar refractivity (Wildman–Crippen MR) is 83.3 cm³/mol. The first-order valence-electron chi connectivity index (χ1n) is 7.31. The number of nitrogens with zero attached hydrogens (tertiary/aromatic N) is 3. The highest BCUT2D eigenvalue weighted by Gasteiger charge is 2.24. The second kappa shape index (κ2) is 6.35. The molecule has 0 aromatic carbocycles. The molecule has 0 bridgehead atoms. The van der Waals surface area contributed by atoms with E-state index in [1.807, 2.05) is 35.5 Å². The van der Waals surface area contributed by atoms with Gasteiger partial charge in [0.2, 0.25) is 5.91 Å². The molecule has 21 heavy (non-hydrogen) atoms. The SMILES string of the molecule is Cc1cncc(C2CCN(C(=O)Cc3cccs3)CC2)n1. The van der Waals surface area contributed by atoms with Crippen molar-refractivity contribution in [1.82, 2.24) is 14.9 Å². The molecule has 110 valence electrons. The van der Waals surface area contributed by atoms with Crippen LogP contribution in [0.25, 0.3) is 0 Å². The van der Waals surface area contributed by atoms with Crippen molar-refractivity contribution >= 4 is 17.2 Å². The lowest BCUT2D eigenvalue weighted by molar-refractivity contribution is -0.131. The van der Waals surface area contributed by atoms with Crippen molar-refractivity contribution in [2.24, 2.45) is 0 Å². The van der Waals surface area contributed by atoms with Gasteiger partial charge in [-0.25, -0.2) is 0 Å². The van der Waals surface area contributed by atoms with Crippen LogP contribution in [0, 0.1) is 6.92 Å². The molecule has 0 spiro atoms. The minimum absolute atomic E-state index is 0.242. The first-order valence-corrected chi connectivity index (χ1v) is 8.19. The van der Waals surface area contributed by atoms with Gasteiger partial charge in [0.05, 0.1) is 17.8 Å². The van der Waals surface area contributed by atoms with Gasteiger partial charge in [0, 0.05) is 36.3 Å². The number of aryl methyl sites for hydroxylation is 1. The Morgan fingerprint density at radius 1 is 1.38 bits per heavy atom. The highest BCUT2D eigenvalue weighted by molar-refractivity contribution is 7.10. The van der Waals surface area contributed by atoms with Crippen LogP contribution in [0.2, 0.25) is 0 Å². The molecule has 0 saturated carbocycles. The molecule has 1 aliphatic rings. The van der Waals surface area contributed by atoms with Gasteiger partial charge in [-0.05, 0) is 31.2 Å². The Bertz CT molecular complexity index is 604. The number of piperidine rings is 1. The lowest BCUT2D eigenvalue weighted by Crippen LogP contribution is -2.38. The van der Waals surface area contributed by atoms with E-state index in [-0.39, 0.29) is 5.91 Å². The number of carbonyl (C=O) groups is 1. The average Bonchev–Trinajstić information content (AvgIpc) is 3.00. The Hall–Kier alpha value is -1.75. The maximum atomic E-state index is 12.3. The van der Waals surface area contributed by atoms with E-state index in [4.69, 9.17) is 0 Å².